The van der Waals surface area contributed by atoms with Crippen LogP contribution in [0.4, 0.5) is 0 Å². The van der Waals surface area contributed by atoms with Gasteiger partial charge in [0.15, 0.2) is 0 Å². The summed E-state index contributed by atoms with van der Waals surface area (Å²) in [6, 6.07) is 0. The van der Waals surface area contributed by atoms with Crippen molar-refractivity contribution in [2.75, 3.05) is 32.9 Å². The van der Waals surface area contributed by atoms with Gasteiger partial charge in [-0.05, 0) is 19.9 Å². The van der Waals surface area contributed by atoms with Crippen LogP contribution < -0.4 is 5.32 Å². The summed E-state index contributed by atoms with van der Waals surface area (Å²) in [5.74, 6) is 0. The Labute approximate surface area is 68.1 Å². The van der Waals surface area contributed by atoms with Gasteiger partial charge in [-0.3, -0.25) is 0 Å². The van der Waals surface area contributed by atoms with E-state index in [-0.39, 0.29) is 0 Å². The molecule has 1 fully saturated rings. The van der Waals surface area contributed by atoms with Crippen molar-refractivity contribution < 1.29 is 9.47 Å². The van der Waals surface area contributed by atoms with Gasteiger partial charge >= 0.3 is 0 Å². The summed E-state index contributed by atoms with van der Waals surface area (Å²) in [5, 5.41) is 3.25. The fourth-order valence-electron chi connectivity index (χ4n) is 1.19. The Kier molecular flexibility index (Phi) is 4.50. The predicted molar refractivity (Wildman–Crippen MR) is 43.7 cm³/mol. The van der Waals surface area contributed by atoms with Crippen LogP contribution in [0.25, 0.3) is 0 Å². The van der Waals surface area contributed by atoms with E-state index in [1.165, 1.54) is 0 Å². The van der Waals surface area contributed by atoms with E-state index < -0.39 is 0 Å². The van der Waals surface area contributed by atoms with E-state index in [0.29, 0.717) is 6.10 Å². The molecule has 11 heavy (non-hydrogen) atoms. The summed E-state index contributed by atoms with van der Waals surface area (Å²) in [7, 11) is 0. The molecule has 0 aliphatic carbocycles. The van der Waals surface area contributed by atoms with Crippen LogP contribution in [-0.2, 0) is 9.47 Å². The molecule has 1 N–H and O–H groups in total. The molecule has 0 aromatic heterocycles. The molecule has 1 heterocycles. The van der Waals surface area contributed by atoms with Gasteiger partial charge in [0.1, 0.15) is 0 Å². The lowest BCUT2D eigenvalue weighted by atomic mass is 10.3. The number of ether oxygens (including phenoxy) is 2. The first kappa shape index (κ1) is 8.97. The van der Waals surface area contributed by atoms with Gasteiger partial charge in [0.25, 0.3) is 0 Å². The second kappa shape index (κ2) is 5.52. The van der Waals surface area contributed by atoms with Crippen molar-refractivity contribution in [2.24, 2.45) is 0 Å². The van der Waals surface area contributed by atoms with Crippen molar-refractivity contribution in [3.8, 4) is 0 Å². The maximum atomic E-state index is 5.52. The fraction of sp³-hybridized carbons (Fsp3) is 1.00. The van der Waals surface area contributed by atoms with Gasteiger partial charge in [-0.1, -0.05) is 0 Å². The zero-order chi connectivity index (χ0) is 7.94. The minimum Gasteiger partial charge on any atom is -0.379 e. The highest BCUT2D eigenvalue weighted by atomic mass is 16.5. The van der Waals surface area contributed by atoms with E-state index in [4.69, 9.17) is 9.47 Å². The summed E-state index contributed by atoms with van der Waals surface area (Å²) in [6.07, 6.45) is 1.57. The van der Waals surface area contributed by atoms with Crippen molar-refractivity contribution in [3.05, 3.63) is 0 Å². The van der Waals surface area contributed by atoms with E-state index in [2.05, 4.69) is 5.32 Å². The summed E-state index contributed by atoms with van der Waals surface area (Å²) in [5.41, 5.74) is 0. The number of hydrogen-bond acceptors (Lipinski definition) is 3. The average molecular weight is 159 g/mol. The average Bonchev–Trinajstić information content (AvgIpc) is 2.50. The van der Waals surface area contributed by atoms with Crippen molar-refractivity contribution >= 4 is 0 Å². The first-order valence-electron chi connectivity index (χ1n) is 4.33. The zero-order valence-corrected chi connectivity index (χ0v) is 7.14. The standard InChI is InChI=1S/C8H17NO2/c1-2-10-5-6-11-8-3-4-9-7-8/h8-9H,2-7H2,1H3/t8-/m0/s1. The third-order valence-electron chi connectivity index (χ3n) is 1.80. The van der Waals surface area contributed by atoms with Crippen LogP contribution >= 0.6 is 0 Å². The molecule has 0 bridgehead atoms. The van der Waals surface area contributed by atoms with Gasteiger partial charge in [-0.2, -0.15) is 0 Å². The first-order chi connectivity index (χ1) is 5.43. The highest BCUT2D eigenvalue weighted by Gasteiger charge is 2.13. The molecule has 0 amide bonds. The van der Waals surface area contributed by atoms with E-state index in [1.807, 2.05) is 6.92 Å². The summed E-state index contributed by atoms with van der Waals surface area (Å²) in [6.45, 7) is 6.35. The molecule has 1 aliphatic rings. The highest BCUT2D eigenvalue weighted by molar-refractivity contribution is 4.70. The number of nitrogens with one attached hydrogen (secondary N) is 1. The molecule has 1 aliphatic heterocycles. The van der Waals surface area contributed by atoms with Crippen LogP contribution in [-0.4, -0.2) is 39.0 Å². The van der Waals surface area contributed by atoms with Crippen LogP contribution in [0.1, 0.15) is 13.3 Å². The minimum absolute atomic E-state index is 0.426. The molecule has 0 aromatic rings. The summed E-state index contributed by atoms with van der Waals surface area (Å²) in [4.78, 5) is 0. The largest absolute Gasteiger partial charge is 0.379 e. The van der Waals surface area contributed by atoms with E-state index in [0.717, 1.165) is 39.3 Å². The Hall–Kier alpha value is -0.120. The van der Waals surface area contributed by atoms with E-state index in [1.54, 1.807) is 0 Å². The smallest absolute Gasteiger partial charge is 0.0712 e. The molecule has 1 saturated heterocycles. The molecule has 1 rings (SSSR count). The van der Waals surface area contributed by atoms with E-state index >= 15 is 0 Å². The van der Waals surface area contributed by atoms with Crippen molar-refractivity contribution in [3.63, 3.8) is 0 Å². The predicted octanol–water partition coefficient (Wildman–Crippen LogP) is 0.401. The monoisotopic (exact) mass is 159 g/mol. The maximum Gasteiger partial charge on any atom is 0.0712 e. The van der Waals surface area contributed by atoms with E-state index in [9.17, 15) is 0 Å². The quantitative estimate of drug-likeness (QED) is 0.589. The Bertz CT molecular complexity index is 92.1. The van der Waals surface area contributed by atoms with Crippen LogP contribution in [0.2, 0.25) is 0 Å². The molecule has 66 valence electrons. The lowest BCUT2D eigenvalue weighted by Crippen LogP contribution is -2.19. The van der Waals surface area contributed by atoms with Crippen LogP contribution in [0.3, 0.4) is 0 Å². The molecular weight excluding hydrogens is 142 g/mol. The number of rotatable bonds is 5. The fourth-order valence-corrected chi connectivity index (χ4v) is 1.19. The van der Waals surface area contributed by atoms with Crippen LogP contribution in [0.15, 0.2) is 0 Å². The third kappa shape index (κ3) is 3.70. The van der Waals surface area contributed by atoms with Crippen molar-refractivity contribution in [1.29, 1.82) is 0 Å². The highest BCUT2D eigenvalue weighted by Crippen LogP contribution is 2.01. The Morgan fingerprint density at radius 2 is 2.36 bits per heavy atom. The molecule has 0 unspecified atom stereocenters. The maximum absolute atomic E-state index is 5.52. The van der Waals surface area contributed by atoms with Crippen molar-refractivity contribution in [2.45, 2.75) is 19.4 Å². The molecular formula is C8H17NO2. The minimum atomic E-state index is 0.426. The van der Waals surface area contributed by atoms with Gasteiger partial charge in [-0.25, -0.2) is 0 Å². The molecule has 0 radical (unpaired) electrons. The zero-order valence-electron chi connectivity index (χ0n) is 7.14. The SMILES string of the molecule is CCOCCO[C@H]1CCNC1. The second-order valence-electron chi connectivity index (χ2n) is 2.68. The third-order valence-corrected chi connectivity index (χ3v) is 1.80. The molecule has 1 atom stereocenters. The Balaban J connectivity index is 1.86. The Morgan fingerprint density at radius 1 is 1.45 bits per heavy atom. The van der Waals surface area contributed by atoms with Crippen LogP contribution in [0, 0.1) is 0 Å². The lowest BCUT2D eigenvalue weighted by Gasteiger charge is -2.09. The van der Waals surface area contributed by atoms with Gasteiger partial charge < -0.3 is 14.8 Å². The molecule has 0 saturated carbocycles. The van der Waals surface area contributed by atoms with Gasteiger partial charge in [0, 0.05) is 13.2 Å². The first-order valence-corrected chi connectivity index (χ1v) is 4.33. The lowest BCUT2D eigenvalue weighted by molar-refractivity contribution is 0.0162. The van der Waals surface area contributed by atoms with Gasteiger partial charge in [0.2, 0.25) is 0 Å². The Morgan fingerprint density at radius 3 is 3.00 bits per heavy atom. The number of hydrogen-bond donors (Lipinski definition) is 1. The summed E-state index contributed by atoms with van der Waals surface area (Å²) < 4.78 is 10.7. The molecule has 3 nitrogen and oxygen atoms in total. The topological polar surface area (TPSA) is 30.5 Å². The molecule has 3 heteroatoms. The normalized spacial score (nSPS) is 24.3. The summed E-state index contributed by atoms with van der Waals surface area (Å²) >= 11 is 0. The molecule has 0 aromatic carbocycles. The van der Waals surface area contributed by atoms with Gasteiger partial charge in [-0.15, -0.1) is 0 Å². The second-order valence-corrected chi connectivity index (χ2v) is 2.68. The molecule has 0 spiro atoms. The van der Waals surface area contributed by atoms with Crippen LogP contribution in [0.5, 0.6) is 0 Å². The van der Waals surface area contributed by atoms with Gasteiger partial charge in [0.05, 0.1) is 19.3 Å². The van der Waals surface area contributed by atoms with Crippen molar-refractivity contribution in [1.82, 2.24) is 5.32 Å².